The summed E-state index contributed by atoms with van der Waals surface area (Å²) in [5.41, 5.74) is 15.5. The fourth-order valence-electron chi connectivity index (χ4n) is 3.68. The maximum atomic E-state index is 12.5. The number of carbonyl (C=O) groups is 2. The average molecular weight is 494 g/mol. The Labute approximate surface area is 206 Å². The van der Waals surface area contributed by atoms with Gasteiger partial charge in [0.1, 0.15) is 22.8 Å². The molecule has 3 heterocycles. The van der Waals surface area contributed by atoms with Gasteiger partial charge in [-0.25, -0.2) is 4.68 Å². The number of hydrogen-bond acceptors (Lipinski definition) is 7. The molecule has 11 heteroatoms. The highest BCUT2D eigenvalue weighted by Crippen LogP contribution is 2.29. The van der Waals surface area contributed by atoms with Crippen molar-refractivity contribution in [2.75, 3.05) is 11.1 Å². The number of pyridine rings is 1. The number of amides is 2. The number of nitrogens with two attached hydrogens (primary N) is 2. The van der Waals surface area contributed by atoms with E-state index in [2.05, 4.69) is 20.6 Å². The molecule has 180 valence electrons. The lowest BCUT2D eigenvalue weighted by Gasteiger charge is -2.06. The van der Waals surface area contributed by atoms with Crippen molar-refractivity contribution in [1.82, 2.24) is 19.9 Å². The number of nitrogen functional groups attached to an aromatic ring is 1. The zero-order chi connectivity index (χ0) is 25.3. The highest BCUT2D eigenvalue weighted by Gasteiger charge is 2.23. The number of halogens is 1. The number of nitrogens with one attached hydrogen (secondary N) is 1. The van der Waals surface area contributed by atoms with Gasteiger partial charge in [0.15, 0.2) is 0 Å². The van der Waals surface area contributed by atoms with Crippen molar-refractivity contribution in [3.63, 3.8) is 0 Å². The van der Waals surface area contributed by atoms with E-state index in [0.717, 1.165) is 11.1 Å². The van der Waals surface area contributed by atoms with Gasteiger partial charge in [-0.05, 0) is 50.6 Å². The van der Waals surface area contributed by atoms with E-state index >= 15 is 0 Å². The molecule has 2 amide bonds. The van der Waals surface area contributed by atoms with Gasteiger partial charge >= 0.3 is 0 Å². The van der Waals surface area contributed by atoms with E-state index < -0.39 is 5.91 Å². The second kappa shape index (κ2) is 9.59. The minimum absolute atomic E-state index is 0.00152. The van der Waals surface area contributed by atoms with Gasteiger partial charge in [0.25, 0.3) is 5.91 Å². The van der Waals surface area contributed by atoms with Gasteiger partial charge in [-0.15, -0.1) is 0 Å². The summed E-state index contributed by atoms with van der Waals surface area (Å²) in [4.78, 5) is 28.8. The minimum atomic E-state index is -0.673. The zero-order valence-corrected chi connectivity index (χ0v) is 20.1. The Morgan fingerprint density at radius 1 is 1.20 bits per heavy atom. The summed E-state index contributed by atoms with van der Waals surface area (Å²) in [6.07, 6.45) is 1.53. The maximum Gasteiger partial charge on any atom is 0.254 e. The summed E-state index contributed by atoms with van der Waals surface area (Å²) in [6.45, 7) is 5.70. The fraction of sp³-hybridized carbons (Fsp3) is 0.208. The molecule has 0 atom stereocenters. The molecule has 4 aromatic rings. The van der Waals surface area contributed by atoms with E-state index in [9.17, 15) is 9.59 Å². The Morgan fingerprint density at radius 2 is 1.97 bits per heavy atom. The highest BCUT2D eigenvalue weighted by molar-refractivity contribution is 6.30. The van der Waals surface area contributed by atoms with Gasteiger partial charge in [-0.1, -0.05) is 22.8 Å². The molecular weight excluding hydrogens is 470 g/mol. The largest absolute Gasteiger partial charge is 0.383 e. The number of carbonyl (C=O) groups excluding carboxylic acids is 2. The maximum absolute atomic E-state index is 12.5. The molecule has 3 aromatic heterocycles. The lowest BCUT2D eigenvalue weighted by Crippen LogP contribution is -2.15. The first-order valence-electron chi connectivity index (χ1n) is 10.8. The van der Waals surface area contributed by atoms with Gasteiger partial charge in [0.2, 0.25) is 11.8 Å². The molecule has 10 nitrogen and oxygen atoms in total. The predicted octanol–water partition coefficient (Wildman–Crippen LogP) is 4.01. The number of benzene rings is 1. The first-order valence-corrected chi connectivity index (χ1v) is 11.2. The second-order valence-electron chi connectivity index (χ2n) is 8.31. The van der Waals surface area contributed by atoms with E-state index in [1.54, 1.807) is 24.3 Å². The summed E-state index contributed by atoms with van der Waals surface area (Å²) in [5.74, 6) is -0.581. The van der Waals surface area contributed by atoms with Crippen LogP contribution in [0.3, 0.4) is 0 Å². The van der Waals surface area contributed by atoms with Crippen LogP contribution in [0.2, 0.25) is 5.02 Å². The third kappa shape index (κ3) is 5.02. The smallest absolute Gasteiger partial charge is 0.254 e. The van der Waals surface area contributed by atoms with Crippen molar-refractivity contribution in [2.45, 2.75) is 33.2 Å². The Balaban J connectivity index is 1.46. The van der Waals surface area contributed by atoms with Gasteiger partial charge < -0.3 is 16.0 Å². The van der Waals surface area contributed by atoms with Crippen molar-refractivity contribution < 1.29 is 14.1 Å². The van der Waals surface area contributed by atoms with Crippen molar-refractivity contribution in [1.29, 1.82) is 0 Å². The Bertz CT molecular complexity index is 1410. The lowest BCUT2D eigenvalue weighted by molar-refractivity contribution is -0.115. The quantitative estimate of drug-likeness (QED) is 0.351. The molecule has 0 fully saturated rings. The molecule has 0 aliphatic heterocycles. The molecule has 0 saturated heterocycles. The number of hydrogen-bond donors (Lipinski definition) is 3. The monoisotopic (exact) mass is 493 g/mol. The summed E-state index contributed by atoms with van der Waals surface area (Å²) in [5, 5.41) is 11.8. The summed E-state index contributed by atoms with van der Waals surface area (Å²) >= 11 is 6.00. The van der Waals surface area contributed by atoms with E-state index in [0.29, 0.717) is 27.7 Å². The van der Waals surface area contributed by atoms with Crippen molar-refractivity contribution >= 4 is 35.1 Å². The topological polar surface area (TPSA) is 155 Å². The van der Waals surface area contributed by atoms with E-state index in [4.69, 9.17) is 27.6 Å². The molecule has 5 N–H and O–H groups in total. The van der Waals surface area contributed by atoms with Crippen LogP contribution in [0.5, 0.6) is 0 Å². The lowest BCUT2D eigenvalue weighted by atomic mass is 10.1. The van der Waals surface area contributed by atoms with E-state index in [-0.39, 0.29) is 35.6 Å². The molecule has 0 spiro atoms. The van der Waals surface area contributed by atoms with Crippen molar-refractivity contribution in [3.05, 3.63) is 64.4 Å². The Hall–Kier alpha value is -4.18. The second-order valence-corrected chi connectivity index (χ2v) is 8.75. The van der Waals surface area contributed by atoms with Gasteiger partial charge in [-0.2, -0.15) is 5.10 Å². The molecular formula is C24H24ClN7O3. The van der Waals surface area contributed by atoms with Crippen LogP contribution < -0.4 is 16.8 Å². The van der Waals surface area contributed by atoms with Crippen LogP contribution in [0.25, 0.3) is 22.5 Å². The molecule has 0 aliphatic carbocycles. The van der Waals surface area contributed by atoms with Crippen LogP contribution in [0.4, 0.5) is 11.7 Å². The average Bonchev–Trinajstić information content (AvgIpc) is 3.38. The minimum Gasteiger partial charge on any atom is -0.383 e. The van der Waals surface area contributed by atoms with Gasteiger partial charge in [0, 0.05) is 40.1 Å². The van der Waals surface area contributed by atoms with Crippen LogP contribution in [-0.2, 0) is 11.2 Å². The Kier molecular flexibility index (Phi) is 6.57. The SMILES string of the molecule is Cc1cc(Cl)ccc1-c1cc(NC(=O)Cc2ccc(-c3nn(C(C)C)c(N)c3C(N)=O)cn2)on1. The number of primary amides is 1. The van der Waals surface area contributed by atoms with Crippen molar-refractivity contribution in [2.24, 2.45) is 5.73 Å². The third-order valence-corrected chi connectivity index (χ3v) is 5.60. The molecule has 0 radical (unpaired) electrons. The van der Waals surface area contributed by atoms with Gasteiger partial charge in [0.05, 0.1) is 6.42 Å². The number of nitrogens with zero attached hydrogens (tertiary/aromatic N) is 4. The number of aryl methyl sites for hydroxylation is 1. The van der Waals surface area contributed by atoms with Crippen LogP contribution >= 0.6 is 11.6 Å². The van der Waals surface area contributed by atoms with Crippen molar-refractivity contribution in [3.8, 4) is 22.5 Å². The molecule has 35 heavy (non-hydrogen) atoms. The predicted molar refractivity (Wildman–Crippen MR) is 133 cm³/mol. The van der Waals surface area contributed by atoms with Crippen LogP contribution in [0, 0.1) is 6.92 Å². The first kappa shape index (κ1) is 24.0. The molecule has 1 aromatic carbocycles. The van der Waals surface area contributed by atoms with Crippen LogP contribution in [-0.4, -0.2) is 31.7 Å². The Morgan fingerprint density at radius 3 is 2.60 bits per heavy atom. The third-order valence-electron chi connectivity index (χ3n) is 5.36. The summed E-state index contributed by atoms with van der Waals surface area (Å²) in [7, 11) is 0. The number of rotatable bonds is 7. The molecule has 0 aliphatic rings. The first-order chi connectivity index (χ1) is 16.6. The van der Waals surface area contributed by atoms with Gasteiger partial charge in [-0.3, -0.25) is 19.9 Å². The zero-order valence-electron chi connectivity index (χ0n) is 19.4. The summed E-state index contributed by atoms with van der Waals surface area (Å²) < 4.78 is 6.79. The number of aromatic nitrogens is 4. The van der Waals surface area contributed by atoms with Crippen LogP contribution in [0.15, 0.2) is 47.1 Å². The molecule has 0 unspecified atom stereocenters. The fourth-order valence-corrected chi connectivity index (χ4v) is 3.90. The summed E-state index contributed by atoms with van der Waals surface area (Å²) in [6, 6.07) is 10.4. The van der Waals surface area contributed by atoms with Crippen LogP contribution in [0.1, 0.15) is 41.5 Å². The molecule has 0 bridgehead atoms. The number of anilines is 2. The molecule has 0 saturated carbocycles. The highest BCUT2D eigenvalue weighted by atomic mass is 35.5. The van der Waals surface area contributed by atoms with E-state index in [1.807, 2.05) is 32.9 Å². The standard InChI is InChI=1S/C24H24ClN7O3/c1-12(2)32-23(26)21(24(27)34)22(30-32)14-4-6-16(28-11-14)9-19(33)29-20-10-18(31-35-20)17-7-5-15(25)8-13(17)3/h4-8,10-12H,9,26H2,1-3H3,(H2,27,34)(H,29,33). The normalized spacial score (nSPS) is 11.1. The van der Waals surface area contributed by atoms with E-state index in [1.165, 1.54) is 10.9 Å². The molecule has 4 rings (SSSR count).